The molecule has 12 nitrogen and oxygen atoms in total. The molecule has 322 valence electrons. The van der Waals surface area contributed by atoms with Crippen LogP contribution in [0.3, 0.4) is 0 Å². The first-order chi connectivity index (χ1) is 30.8. The van der Waals surface area contributed by atoms with Gasteiger partial charge in [-0.2, -0.15) is 0 Å². The van der Waals surface area contributed by atoms with Gasteiger partial charge in [0, 0.05) is 39.7 Å². The highest BCUT2D eigenvalue weighted by molar-refractivity contribution is 6.09. The maximum absolute atomic E-state index is 12.6. The Balaban J connectivity index is 0.000000144. The van der Waals surface area contributed by atoms with E-state index in [1.165, 1.54) is 12.7 Å². The fourth-order valence-corrected chi connectivity index (χ4v) is 7.04. The zero-order chi connectivity index (χ0) is 45.3. The number of hydrogen-bond donors (Lipinski definition) is 8. The van der Waals surface area contributed by atoms with Crippen molar-refractivity contribution < 1.29 is 34.4 Å². The first-order valence-corrected chi connectivity index (χ1v) is 20.3. The van der Waals surface area contributed by atoms with Crippen LogP contribution in [-0.4, -0.2) is 50.1 Å². The van der Waals surface area contributed by atoms with E-state index in [1.807, 2.05) is 93.6 Å². The highest BCUT2D eigenvalue weighted by atomic mass is 16.5. The molecule has 2 aromatic heterocycles. The number of methoxy groups -OCH3 is 1. The van der Waals surface area contributed by atoms with Gasteiger partial charge in [0.25, 0.3) is 17.7 Å². The minimum absolute atomic E-state index is 0.160. The lowest BCUT2D eigenvalue weighted by molar-refractivity contribution is 0.0945. The number of benzene rings is 7. The topological polar surface area (TPSA) is 189 Å². The van der Waals surface area contributed by atoms with Crippen molar-refractivity contribution in [2.45, 2.75) is 27.3 Å². The summed E-state index contributed by atoms with van der Waals surface area (Å²) < 4.78 is 5.33. The standard InChI is InChI=1S/C19H17NO3.C17H16N2O2.C16H14N2O2/c1-12-4-3-5-15(8-12)20-19(22)17-10-13-6-7-16(21)9-14(13)11-18(17)23-2;1-11-3-2-4-12(7-11)10-18-17(21)16-9-13-8-14(20)5-6-15(13)19-16;1-10-3-2-4-12(7-10)17-16(20)15-9-11-8-13(19)5-6-14(11)18-15/h3-11,21H,1-2H3,(H,20,22);2-9,19-20H,10H2,1H3,(H,18,21);2-9,18-19H,1H3,(H,17,20). The molecule has 64 heavy (non-hydrogen) atoms. The van der Waals surface area contributed by atoms with Gasteiger partial charge in [-0.05, 0) is 145 Å². The van der Waals surface area contributed by atoms with Gasteiger partial charge in [0.15, 0.2) is 0 Å². The zero-order valence-corrected chi connectivity index (χ0v) is 35.6. The van der Waals surface area contributed by atoms with E-state index in [0.29, 0.717) is 29.2 Å². The third kappa shape index (κ3) is 11.0. The number of carbonyl (C=O) groups is 3. The summed E-state index contributed by atoms with van der Waals surface area (Å²) in [6, 6.07) is 45.2. The molecule has 7 aromatic carbocycles. The average Bonchev–Trinajstić information content (AvgIpc) is 3.90. The normalized spacial score (nSPS) is 10.6. The number of ether oxygens (including phenoxy) is 1. The quantitative estimate of drug-likeness (QED) is 0.0746. The van der Waals surface area contributed by atoms with E-state index in [-0.39, 0.29) is 35.0 Å². The molecule has 0 spiro atoms. The molecule has 12 heteroatoms. The first-order valence-electron chi connectivity index (χ1n) is 20.3. The second kappa shape index (κ2) is 19.5. The Morgan fingerprint density at radius 1 is 0.500 bits per heavy atom. The molecule has 2 heterocycles. The highest BCUT2D eigenvalue weighted by Crippen LogP contribution is 2.29. The van der Waals surface area contributed by atoms with Crippen LogP contribution in [0.15, 0.2) is 152 Å². The van der Waals surface area contributed by atoms with Gasteiger partial charge < -0.3 is 46.0 Å². The number of aryl methyl sites for hydroxylation is 3. The van der Waals surface area contributed by atoms with Crippen molar-refractivity contribution in [3.05, 3.63) is 191 Å². The van der Waals surface area contributed by atoms with Gasteiger partial charge in [-0.25, -0.2) is 0 Å². The Kier molecular flexibility index (Phi) is 13.3. The van der Waals surface area contributed by atoms with Gasteiger partial charge in [-0.15, -0.1) is 0 Å². The number of phenolic OH excluding ortho intramolecular Hbond substituents is 3. The maximum atomic E-state index is 12.6. The van der Waals surface area contributed by atoms with Crippen molar-refractivity contribution >= 4 is 61.7 Å². The number of aromatic hydroxyl groups is 3. The molecule has 0 aliphatic carbocycles. The van der Waals surface area contributed by atoms with E-state index in [0.717, 1.165) is 60.6 Å². The molecule has 8 N–H and O–H groups in total. The van der Waals surface area contributed by atoms with Crippen molar-refractivity contribution in [1.29, 1.82) is 0 Å². The second-order valence-corrected chi connectivity index (χ2v) is 15.3. The molecule has 9 aromatic rings. The summed E-state index contributed by atoms with van der Waals surface area (Å²) in [6.07, 6.45) is 0. The molecular weight excluding hydrogens is 807 g/mol. The number of rotatable bonds is 8. The van der Waals surface area contributed by atoms with Gasteiger partial charge in [-0.1, -0.05) is 60.2 Å². The molecule has 0 bridgehead atoms. The molecule has 0 saturated carbocycles. The van der Waals surface area contributed by atoms with Crippen LogP contribution >= 0.6 is 0 Å². The van der Waals surface area contributed by atoms with Gasteiger partial charge in [0.1, 0.15) is 34.4 Å². The Hall–Kier alpha value is -8.51. The lowest BCUT2D eigenvalue weighted by Crippen LogP contribution is -2.23. The summed E-state index contributed by atoms with van der Waals surface area (Å²) in [6.45, 7) is 6.46. The van der Waals surface area contributed by atoms with Gasteiger partial charge >= 0.3 is 0 Å². The van der Waals surface area contributed by atoms with Crippen LogP contribution in [-0.2, 0) is 6.54 Å². The SMILES string of the molecule is COc1cc2cc(O)ccc2cc1C(=O)Nc1cccc(C)c1.Cc1cccc(CNC(=O)c2cc3cc(O)ccc3[nH]2)c1.Cc1cccc(NC(=O)c2cc3cc(O)ccc3[nH]2)c1. The largest absolute Gasteiger partial charge is 0.508 e. The van der Waals surface area contributed by atoms with E-state index < -0.39 is 0 Å². The number of anilines is 2. The van der Waals surface area contributed by atoms with Crippen LogP contribution in [0.4, 0.5) is 11.4 Å². The fourth-order valence-electron chi connectivity index (χ4n) is 7.04. The minimum Gasteiger partial charge on any atom is -0.508 e. The molecule has 0 radical (unpaired) electrons. The number of carbonyl (C=O) groups excluding carboxylic acids is 3. The fraction of sp³-hybridized carbons (Fsp3) is 0.0962. The number of fused-ring (bicyclic) bond motifs is 3. The summed E-state index contributed by atoms with van der Waals surface area (Å²) in [4.78, 5) is 43.0. The predicted molar refractivity (Wildman–Crippen MR) is 253 cm³/mol. The first kappa shape index (κ1) is 43.6. The molecular formula is C52H47N5O7. The molecule has 0 saturated heterocycles. The Morgan fingerprint density at radius 2 is 1.00 bits per heavy atom. The molecule has 0 fully saturated rings. The third-order valence-electron chi connectivity index (χ3n) is 10.2. The van der Waals surface area contributed by atoms with Crippen molar-refractivity contribution in [2.24, 2.45) is 0 Å². The summed E-state index contributed by atoms with van der Waals surface area (Å²) in [5, 5.41) is 40.3. The number of aromatic nitrogens is 2. The van der Waals surface area contributed by atoms with Crippen LogP contribution in [0.5, 0.6) is 23.0 Å². The number of phenols is 3. The van der Waals surface area contributed by atoms with Crippen LogP contribution in [0.25, 0.3) is 32.6 Å². The number of aromatic amines is 2. The summed E-state index contributed by atoms with van der Waals surface area (Å²) in [5.74, 6) is 0.418. The van der Waals surface area contributed by atoms with Crippen LogP contribution in [0.2, 0.25) is 0 Å². The summed E-state index contributed by atoms with van der Waals surface area (Å²) in [7, 11) is 1.52. The Morgan fingerprint density at radius 3 is 1.55 bits per heavy atom. The summed E-state index contributed by atoms with van der Waals surface area (Å²) in [5.41, 5.74) is 8.95. The van der Waals surface area contributed by atoms with Crippen molar-refractivity contribution in [3.63, 3.8) is 0 Å². The van der Waals surface area contributed by atoms with Crippen LogP contribution in [0, 0.1) is 20.8 Å². The lowest BCUT2D eigenvalue weighted by atomic mass is 10.0. The lowest BCUT2D eigenvalue weighted by Gasteiger charge is -2.11. The molecule has 0 aliphatic rings. The van der Waals surface area contributed by atoms with E-state index in [2.05, 4.69) is 25.9 Å². The third-order valence-corrected chi connectivity index (χ3v) is 10.2. The molecule has 0 unspecified atom stereocenters. The molecule has 0 atom stereocenters. The van der Waals surface area contributed by atoms with Gasteiger partial charge in [0.2, 0.25) is 0 Å². The zero-order valence-electron chi connectivity index (χ0n) is 35.6. The van der Waals surface area contributed by atoms with Crippen molar-refractivity contribution in [2.75, 3.05) is 17.7 Å². The molecule has 9 rings (SSSR count). The second-order valence-electron chi connectivity index (χ2n) is 15.3. The molecule has 0 aliphatic heterocycles. The Labute approximate surface area is 369 Å². The highest BCUT2D eigenvalue weighted by Gasteiger charge is 2.15. The van der Waals surface area contributed by atoms with Crippen molar-refractivity contribution in [3.8, 4) is 23.0 Å². The minimum atomic E-state index is -0.234. The number of nitrogens with one attached hydrogen (secondary N) is 5. The molecule has 3 amide bonds. The number of hydrogen-bond acceptors (Lipinski definition) is 7. The van der Waals surface area contributed by atoms with E-state index in [1.54, 1.807) is 78.9 Å². The van der Waals surface area contributed by atoms with Crippen LogP contribution < -0.4 is 20.7 Å². The monoisotopic (exact) mass is 853 g/mol. The van der Waals surface area contributed by atoms with E-state index in [9.17, 15) is 29.7 Å². The smallest absolute Gasteiger partial charge is 0.272 e. The average molecular weight is 854 g/mol. The number of amides is 3. The Bertz CT molecular complexity index is 3150. The van der Waals surface area contributed by atoms with E-state index >= 15 is 0 Å². The van der Waals surface area contributed by atoms with E-state index in [4.69, 9.17) is 4.74 Å². The maximum Gasteiger partial charge on any atom is 0.272 e. The predicted octanol–water partition coefficient (Wildman–Crippen LogP) is 10.7. The van der Waals surface area contributed by atoms with Crippen molar-refractivity contribution in [1.82, 2.24) is 15.3 Å². The summed E-state index contributed by atoms with van der Waals surface area (Å²) >= 11 is 0. The van der Waals surface area contributed by atoms with Crippen LogP contribution in [0.1, 0.15) is 53.6 Å². The number of H-pyrrole nitrogens is 2. The van der Waals surface area contributed by atoms with Gasteiger partial charge in [0.05, 0.1) is 12.7 Å². The van der Waals surface area contributed by atoms with Gasteiger partial charge in [-0.3, -0.25) is 14.4 Å².